The van der Waals surface area contributed by atoms with Crippen molar-refractivity contribution in [2.75, 3.05) is 13.2 Å². The monoisotopic (exact) mass is 212 g/mol. The van der Waals surface area contributed by atoms with Crippen LogP contribution < -0.4 is 4.89 Å². The minimum Gasteiger partial charge on any atom is -0.394 e. The van der Waals surface area contributed by atoms with Crippen LogP contribution in [0.4, 0.5) is 0 Å². The maximum absolute atomic E-state index is 9.02. The van der Waals surface area contributed by atoms with Crippen LogP contribution in [0.2, 0.25) is 0 Å². The van der Waals surface area contributed by atoms with E-state index in [0.717, 1.165) is 11.1 Å². The topological polar surface area (TPSA) is 58.9 Å². The molecule has 1 aromatic rings. The third-order valence-corrected chi connectivity index (χ3v) is 2.02. The molecule has 0 aliphatic heterocycles. The molecule has 0 radical (unpaired) electrons. The highest BCUT2D eigenvalue weighted by molar-refractivity contribution is 5.39. The van der Waals surface area contributed by atoms with Crippen LogP contribution in [0.15, 0.2) is 18.2 Å². The molecule has 0 aromatic heterocycles. The van der Waals surface area contributed by atoms with Crippen LogP contribution in [-0.2, 0) is 4.89 Å². The van der Waals surface area contributed by atoms with Gasteiger partial charge in [0.15, 0.2) is 5.75 Å². The summed E-state index contributed by atoms with van der Waals surface area (Å²) in [7, 11) is 0. The van der Waals surface area contributed by atoms with E-state index in [2.05, 4.69) is 0 Å². The molecule has 0 heterocycles. The molecule has 15 heavy (non-hydrogen) atoms. The second-order valence-electron chi connectivity index (χ2n) is 3.43. The SMILES string of the molecule is Cc1cccc(C)c1OOCC(O)CO. The highest BCUT2D eigenvalue weighted by Gasteiger charge is 2.06. The Kier molecular flexibility index (Phi) is 4.55. The zero-order chi connectivity index (χ0) is 11.3. The van der Waals surface area contributed by atoms with E-state index in [0.29, 0.717) is 5.75 Å². The van der Waals surface area contributed by atoms with Gasteiger partial charge in [-0.1, -0.05) is 18.2 Å². The Morgan fingerprint density at radius 3 is 2.40 bits per heavy atom. The fourth-order valence-electron chi connectivity index (χ4n) is 1.15. The van der Waals surface area contributed by atoms with Gasteiger partial charge in [0.05, 0.1) is 6.61 Å². The molecular formula is C11H16O4. The average Bonchev–Trinajstić information content (AvgIpc) is 2.22. The molecule has 1 unspecified atom stereocenters. The number of rotatable bonds is 5. The van der Waals surface area contributed by atoms with Gasteiger partial charge in [0, 0.05) is 0 Å². The zero-order valence-corrected chi connectivity index (χ0v) is 8.93. The van der Waals surface area contributed by atoms with Crippen LogP contribution >= 0.6 is 0 Å². The second-order valence-corrected chi connectivity index (χ2v) is 3.43. The summed E-state index contributed by atoms with van der Waals surface area (Å²) in [6.45, 7) is 3.43. The molecule has 4 heteroatoms. The van der Waals surface area contributed by atoms with Crippen LogP contribution in [0.1, 0.15) is 11.1 Å². The van der Waals surface area contributed by atoms with Crippen molar-refractivity contribution >= 4 is 0 Å². The molecule has 0 saturated carbocycles. The highest BCUT2D eigenvalue weighted by Crippen LogP contribution is 2.22. The lowest BCUT2D eigenvalue weighted by Crippen LogP contribution is -2.20. The van der Waals surface area contributed by atoms with E-state index in [1.807, 2.05) is 32.0 Å². The first-order valence-electron chi connectivity index (χ1n) is 4.79. The molecular weight excluding hydrogens is 196 g/mol. The van der Waals surface area contributed by atoms with Crippen LogP contribution in [0.25, 0.3) is 0 Å². The third kappa shape index (κ3) is 3.51. The Morgan fingerprint density at radius 1 is 1.27 bits per heavy atom. The quantitative estimate of drug-likeness (QED) is 0.564. The lowest BCUT2D eigenvalue weighted by atomic mass is 10.1. The van der Waals surface area contributed by atoms with Gasteiger partial charge in [-0.2, -0.15) is 4.89 Å². The van der Waals surface area contributed by atoms with Crippen molar-refractivity contribution in [2.45, 2.75) is 20.0 Å². The Balaban J connectivity index is 2.50. The van der Waals surface area contributed by atoms with Gasteiger partial charge in [-0.3, -0.25) is 0 Å². The zero-order valence-electron chi connectivity index (χ0n) is 8.93. The van der Waals surface area contributed by atoms with Crippen molar-refractivity contribution in [3.8, 4) is 5.75 Å². The van der Waals surface area contributed by atoms with Crippen molar-refractivity contribution < 1.29 is 20.0 Å². The van der Waals surface area contributed by atoms with Gasteiger partial charge in [0.2, 0.25) is 0 Å². The van der Waals surface area contributed by atoms with E-state index in [1.165, 1.54) is 0 Å². The maximum atomic E-state index is 9.02. The number of hydrogen-bond acceptors (Lipinski definition) is 4. The van der Waals surface area contributed by atoms with Crippen LogP contribution in [0.3, 0.4) is 0 Å². The van der Waals surface area contributed by atoms with E-state index < -0.39 is 6.10 Å². The summed E-state index contributed by atoms with van der Waals surface area (Å²) < 4.78 is 0. The Bertz CT molecular complexity index is 291. The number of aliphatic hydroxyl groups excluding tert-OH is 2. The predicted octanol–water partition coefficient (Wildman–Crippen LogP) is 0.967. The summed E-state index contributed by atoms with van der Waals surface area (Å²) in [5.74, 6) is 0.655. The Hall–Kier alpha value is -1.10. The minimum atomic E-state index is -0.908. The molecule has 4 nitrogen and oxygen atoms in total. The first-order chi connectivity index (χ1) is 7.15. The first-order valence-corrected chi connectivity index (χ1v) is 4.79. The summed E-state index contributed by atoms with van der Waals surface area (Å²) in [5, 5.41) is 17.6. The molecule has 0 aliphatic rings. The molecule has 1 aromatic carbocycles. The van der Waals surface area contributed by atoms with Crippen LogP contribution in [0.5, 0.6) is 5.75 Å². The lowest BCUT2D eigenvalue weighted by Gasteiger charge is -2.11. The Labute approximate surface area is 89.0 Å². The smallest absolute Gasteiger partial charge is 0.171 e. The number of para-hydroxylation sites is 1. The normalized spacial score (nSPS) is 12.5. The van der Waals surface area contributed by atoms with Gasteiger partial charge in [-0.15, -0.1) is 0 Å². The maximum Gasteiger partial charge on any atom is 0.171 e. The fourth-order valence-corrected chi connectivity index (χ4v) is 1.15. The number of benzene rings is 1. The minimum absolute atomic E-state index is 0.0513. The molecule has 0 fully saturated rings. The molecule has 2 N–H and O–H groups in total. The van der Waals surface area contributed by atoms with Gasteiger partial charge in [-0.25, -0.2) is 0 Å². The second kappa shape index (κ2) is 5.70. The first kappa shape index (κ1) is 12.0. The van der Waals surface area contributed by atoms with Gasteiger partial charge >= 0.3 is 0 Å². The summed E-state index contributed by atoms with van der Waals surface area (Å²) >= 11 is 0. The molecule has 0 amide bonds. The van der Waals surface area contributed by atoms with Gasteiger partial charge in [0.1, 0.15) is 12.7 Å². The molecule has 0 spiro atoms. The molecule has 84 valence electrons. The van der Waals surface area contributed by atoms with E-state index in [4.69, 9.17) is 20.0 Å². The largest absolute Gasteiger partial charge is 0.394 e. The van der Waals surface area contributed by atoms with Crippen LogP contribution in [0, 0.1) is 13.8 Å². The molecule has 0 aliphatic carbocycles. The van der Waals surface area contributed by atoms with E-state index >= 15 is 0 Å². The standard InChI is InChI=1S/C11H16O4/c1-8-4-3-5-9(2)11(8)15-14-7-10(13)6-12/h3-5,10,12-13H,6-7H2,1-2H3. The van der Waals surface area contributed by atoms with Gasteiger partial charge in [-0.05, 0) is 25.0 Å². The predicted molar refractivity (Wildman–Crippen MR) is 55.6 cm³/mol. The lowest BCUT2D eigenvalue weighted by molar-refractivity contribution is -0.226. The molecule has 0 saturated heterocycles. The third-order valence-electron chi connectivity index (χ3n) is 2.02. The van der Waals surface area contributed by atoms with E-state index in [1.54, 1.807) is 0 Å². The molecule has 0 bridgehead atoms. The van der Waals surface area contributed by atoms with E-state index in [9.17, 15) is 0 Å². The Morgan fingerprint density at radius 2 is 1.87 bits per heavy atom. The number of aliphatic hydroxyl groups is 2. The summed E-state index contributed by atoms with van der Waals surface area (Å²) in [5.41, 5.74) is 1.93. The summed E-state index contributed by atoms with van der Waals surface area (Å²) in [6.07, 6.45) is -0.908. The molecule has 1 rings (SSSR count). The van der Waals surface area contributed by atoms with Crippen molar-refractivity contribution in [3.05, 3.63) is 29.3 Å². The van der Waals surface area contributed by atoms with Crippen LogP contribution in [-0.4, -0.2) is 29.5 Å². The van der Waals surface area contributed by atoms with Crippen molar-refractivity contribution in [2.24, 2.45) is 0 Å². The number of aryl methyl sites for hydroxylation is 2. The van der Waals surface area contributed by atoms with Crippen molar-refractivity contribution in [1.29, 1.82) is 0 Å². The fraction of sp³-hybridized carbons (Fsp3) is 0.455. The molecule has 1 atom stereocenters. The highest BCUT2D eigenvalue weighted by atomic mass is 17.2. The summed E-state index contributed by atoms with van der Waals surface area (Å²) in [6, 6.07) is 5.75. The summed E-state index contributed by atoms with van der Waals surface area (Å²) in [4.78, 5) is 9.89. The van der Waals surface area contributed by atoms with Crippen molar-refractivity contribution in [3.63, 3.8) is 0 Å². The van der Waals surface area contributed by atoms with Gasteiger partial charge < -0.3 is 15.1 Å². The van der Waals surface area contributed by atoms with E-state index in [-0.39, 0.29) is 13.2 Å². The number of hydrogen-bond donors (Lipinski definition) is 2. The van der Waals surface area contributed by atoms with Gasteiger partial charge in [0.25, 0.3) is 0 Å². The van der Waals surface area contributed by atoms with Crippen molar-refractivity contribution in [1.82, 2.24) is 0 Å². The average molecular weight is 212 g/mol.